The van der Waals surface area contributed by atoms with Crippen LogP contribution in [0.5, 0.6) is 0 Å². The van der Waals surface area contributed by atoms with Crippen molar-refractivity contribution in [1.82, 2.24) is 15.3 Å². The molecule has 1 aromatic heterocycles. The summed E-state index contributed by atoms with van der Waals surface area (Å²) in [5, 5.41) is 3.85. The highest BCUT2D eigenvalue weighted by atomic mass is 32.2. The van der Waals surface area contributed by atoms with Crippen molar-refractivity contribution in [1.29, 1.82) is 0 Å². The van der Waals surface area contributed by atoms with Crippen LogP contribution < -0.4 is 5.32 Å². The first-order valence-electron chi connectivity index (χ1n) is 6.29. The van der Waals surface area contributed by atoms with Gasteiger partial charge in [0.15, 0.2) is 5.16 Å². The van der Waals surface area contributed by atoms with Gasteiger partial charge in [0.2, 0.25) is 0 Å². The number of hydrogen-bond donors (Lipinski definition) is 1. The van der Waals surface area contributed by atoms with Crippen LogP contribution in [0.3, 0.4) is 0 Å². The van der Waals surface area contributed by atoms with Crippen molar-refractivity contribution in [2.75, 3.05) is 12.8 Å². The Morgan fingerprint density at radius 1 is 1.25 bits per heavy atom. The van der Waals surface area contributed by atoms with E-state index in [4.69, 9.17) is 0 Å². The highest BCUT2D eigenvalue weighted by molar-refractivity contribution is 7.98. The van der Waals surface area contributed by atoms with E-state index in [0.717, 1.165) is 30.3 Å². The zero-order chi connectivity index (χ0) is 14.1. The molecule has 3 nitrogen and oxygen atoms in total. The monoisotopic (exact) mass is 293 g/mol. The molecule has 0 amide bonds. The van der Waals surface area contributed by atoms with Crippen molar-refractivity contribution >= 4 is 11.8 Å². The number of hydrogen-bond acceptors (Lipinski definition) is 4. The average Bonchev–Trinajstić information content (AvgIpc) is 2.46. The zero-order valence-electron chi connectivity index (χ0n) is 10.9. The maximum atomic E-state index is 14.0. The minimum absolute atomic E-state index is 0.323. The predicted molar refractivity (Wildman–Crippen MR) is 74.6 cm³/mol. The summed E-state index contributed by atoms with van der Waals surface area (Å²) in [5.41, 5.74) is 2.73. The second-order valence-corrected chi connectivity index (χ2v) is 5.31. The van der Waals surface area contributed by atoms with Crippen molar-refractivity contribution < 1.29 is 8.78 Å². The van der Waals surface area contributed by atoms with Gasteiger partial charge in [0.1, 0.15) is 11.6 Å². The number of benzene rings is 1. The van der Waals surface area contributed by atoms with E-state index in [2.05, 4.69) is 15.3 Å². The molecule has 1 aromatic carbocycles. The fourth-order valence-corrected chi connectivity index (χ4v) is 2.70. The van der Waals surface area contributed by atoms with E-state index in [0.29, 0.717) is 23.0 Å². The lowest BCUT2D eigenvalue weighted by atomic mass is 10.00. The Hall–Kier alpha value is -1.53. The first kappa shape index (κ1) is 13.5. The lowest BCUT2D eigenvalue weighted by Crippen LogP contribution is -2.26. The summed E-state index contributed by atoms with van der Waals surface area (Å²) in [4.78, 5) is 8.90. The molecule has 0 saturated heterocycles. The summed E-state index contributed by atoms with van der Waals surface area (Å²) in [6.07, 6.45) is 2.68. The molecule has 1 aliphatic heterocycles. The van der Waals surface area contributed by atoms with Crippen LogP contribution in [-0.2, 0) is 13.0 Å². The fraction of sp³-hybridized carbons (Fsp3) is 0.286. The molecule has 0 atom stereocenters. The first-order valence-corrected chi connectivity index (χ1v) is 7.51. The molecule has 0 spiro atoms. The zero-order valence-corrected chi connectivity index (χ0v) is 11.7. The molecule has 2 aromatic rings. The molecule has 104 valence electrons. The number of halogens is 2. The quantitative estimate of drug-likeness (QED) is 0.682. The van der Waals surface area contributed by atoms with Crippen LogP contribution >= 0.6 is 11.8 Å². The summed E-state index contributed by atoms with van der Waals surface area (Å²) in [5.74, 6) is -1.18. The molecule has 1 aliphatic rings. The van der Waals surface area contributed by atoms with Crippen LogP contribution in [-0.4, -0.2) is 22.8 Å². The standard InChI is InChI=1S/C14H13F2N3S/c1-20-14-18-12-4-5-17-7-10(12)13(19-14)9-3-2-8(15)6-11(9)16/h2-3,6,17H,4-5,7H2,1H3. The van der Waals surface area contributed by atoms with Crippen molar-refractivity contribution in [2.45, 2.75) is 18.1 Å². The van der Waals surface area contributed by atoms with Crippen LogP contribution in [0.4, 0.5) is 8.78 Å². The topological polar surface area (TPSA) is 37.8 Å². The van der Waals surface area contributed by atoms with Gasteiger partial charge in [-0.2, -0.15) is 0 Å². The Labute approximate surface area is 119 Å². The Bertz CT molecular complexity index is 661. The molecule has 0 fully saturated rings. The number of nitrogens with one attached hydrogen (secondary N) is 1. The van der Waals surface area contributed by atoms with Crippen molar-refractivity contribution in [3.63, 3.8) is 0 Å². The Morgan fingerprint density at radius 3 is 2.85 bits per heavy atom. The van der Waals surface area contributed by atoms with Crippen LogP contribution in [0.25, 0.3) is 11.3 Å². The molecule has 1 N–H and O–H groups in total. The predicted octanol–water partition coefficient (Wildman–Crippen LogP) is 2.79. The normalized spacial score (nSPS) is 14.2. The summed E-state index contributed by atoms with van der Waals surface area (Å²) >= 11 is 1.42. The van der Waals surface area contributed by atoms with Gasteiger partial charge in [0, 0.05) is 36.7 Å². The highest BCUT2D eigenvalue weighted by Gasteiger charge is 2.20. The van der Waals surface area contributed by atoms with Crippen LogP contribution in [0.1, 0.15) is 11.3 Å². The minimum atomic E-state index is -0.594. The lowest BCUT2D eigenvalue weighted by Gasteiger charge is -2.20. The molecule has 20 heavy (non-hydrogen) atoms. The van der Waals surface area contributed by atoms with Gasteiger partial charge in [-0.3, -0.25) is 0 Å². The first-order chi connectivity index (χ1) is 9.69. The van der Waals surface area contributed by atoms with E-state index in [9.17, 15) is 8.78 Å². The molecule has 0 unspecified atom stereocenters. The molecule has 0 aliphatic carbocycles. The molecule has 3 rings (SSSR count). The summed E-state index contributed by atoms with van der Waals surface area (Å²) < 4.78 is 27.1. The highest BCUT2D eigenvalue weighted by Crippen LogP contribution is 2.29. The van der Waals surface area contributed by atoms with E-state index in [1.54, 1.807) is 0 Å². The number of rotatable bonds is 2. The second kappa shape index (κ2) is 5.46. The van der Waals surface area contributed by atoms with Crippen molar-refractivity contribution in [3.05, 3.63) is 41.1 Å². The molecule has 0 saturated carbocycles. The summed E-state index contributed by atoms with van der Waals surface area (Å²) in [7, 11) is 0. The fourth-order valence-electron chi connectivity index (χ4n) is 2.32. The van der Waals surface area contributed by atoms with E-state index in [1.807, 2.05) is 6.26 Å². The largest absolute Gasteiger partial charge is 0.312 e. The molecule has 2 heterocycles. The third kappa shape index (κ3) is 2.41. The maximum Gasteiger partial charge on any atom is 0.188 e. The number of fused-ring (bicyclic) bond motifs is 1. The second-order valence-electron chi connectivity index (χ2n) is 4.54. The van der Waals surface area contributed by atoms with E-state index in [1.165, 1.54) is 23.9 Å². The smallest absolute Gasteiger partial charge is 0.188 e. The summed E-state index contributed by atoms with van der Waals surface area (Å²) in [6, 6.07) is 3.58. The Morgan fingerprint density at radius 2 is 2.10 bits per heavy atom. The van der Waals surface area contributed by atoms with E-state index in [-0.39, 0.29) is 0 Å². The van der Waals surface area contributed by atoms with E-state index >= 15 is 0 Å². The molecular formula is C14H13F2N3S. The van der Waals surface area contributed by atoms with Crippen LogP contribution in [0.15, 0.2) is 23.4 Å². The van der Waals surface area contributed by atoms with Gasteiger partial charge < -0.3 is 5.32 Å². The van der Waals surface area contributed by atoms with Gasteiger partial charge in [-0.05, 0) is 18.4 Å². The van der Waals surface area contributed by atoms with Gasteiger partial charge in [-0.1, -0.05) is 11.8 Å². The van der Waals surface area contributed by atoms with Gasteiger partial charge in [0.05, 0.1) is 11.4 Å². The Kier molecular flexibility index (Phi) is 3.67. The Balaban J connectivity index is 2.21. The number of aromatic nitrogens is 2. The van der Waals surface area contributed by atoms with Gasteiger partial charge in [0.25, 0.3) is 0 Å². The van der Waals surface area contributed by atoms with Crippen molar-refractivity contribution in [2.24, 2.45) is 0 Å². The third-order valence-electron chi connectivity index (χ3n) is 3.28. The van der Waals surface area contributed by atoms with Gasteiger partial charge >= 0.3 is 0 Å². The average molecular weight is 293 g/mol. The third-order valence-corrected chi connectivity index (χ3v) is 3.83. The van der Waals surface area contributed by atoms with Gasteiger partial charge in [-0.15, -0.1) is 0 Å². The molecule has 0 radical (unpaired) electrons. The number of nitrogens with zero attached hydrogens (tertiary/aromatic N) is 2. The molecule has 0 bridgehead atoms. The van der Waals surface area contributed by atoms with Crippen molar-refractivity contribution in [3.8, 4) is 11.3 Å². The lowest BCUT2D eigenvalue weighted by molar-refractivity contribution is 0.583. The SMILES string of the molecule is CSc1nc2c(c(-c3ccc(F)cc3F)n1)CNCC2. The maximum absolute atomic E-state index is 14.0. The van der Waals surface area contributed by atoms with E-state index < -0.39 is 11.6 Å². The summed E-state index contributed by atoms with van der Waals surface area (Å²) in [6.45, 7) is 1.46. The van der Waals surface area contributed by atoms with Crippen LogP contribution in [0, 0.1) is 11.6 Å². The number of thioether (sulfide) groups is 1. The molecule has 6 heteroatoms. The minimum Gasteiger partial charge on any atom is -0.312 e. The molecular weight excluding hydrogens is 280 g/mol. The van der Waals surface area contributed by atoms with Crippen LogP contribution in [0.2, 0.25) is 0 Å². The van der Waals surface area contributed by atoms with Gasteiger partial charge in [-0.25, -0.2) is 18.7 Å².